The van der Waals surface area contributed by atoms with Crippen molar-refractivity contribution >= 4 is 23.2 Å². The lowest BCUT2D eigenvalue weighted by Gasteiger charge is -2.06. The number of amides is 1. The molecule has 0 saturated carbocycles. The monoisotopic (exact) mass is 384 g/mol. The number of nitrogens with zero attached hydrogens (tertiary/aromatic N) is 2. The summed E-state index contributed by atoms with van der Waals surface area (Å²) >= 11 is 6.15. The molecule has 0 spiro atoms. The molecule has 0 unspecified atom stereocenters. The van der Waals surface area contributed by atoms with Gasteiger partial charge in [-0.3, -0.25) is 9.89 Å². The molecular weight excluding hydrogens is 368 g/mol. The zero-order valence-electron chi connectivity index (χ0n) is 14.7. The number of methoxy groups -OCH3 is 1. The molecule has 27 heavy (non-hydrogen) atoms. The van der Waals surface area contributed by atoms with Crippen LogP contribution >= 0.6 is 11.6 Å². The molecule has 0 aliphatic heterocycles. The van der Waals surface area contributed by atoms with E-state index in [0.29, 0.717) is 27.7 Å². The van der Waals surface area contributed by atoms with Gasteiger partial charge in [-0.2, -0.15) is 10.2 Å². The quantitative estimate of drug-likeness (QED) is 0.462. The van der Waals surface area contributed by atoms with E-state index in [9.17, 15) is 9.90 Å². The van der Waals surface area contributed by atoms with Crippen LogP contribution in [0.1, 0.15) is 23.0 Å². The third kappa shape index (κ3) is 4.09. The van der Waals surface area contributed by atoms with Crippen LogP contribution in [0.15, 0.2) is 53.6 Å². The Balaban J connectivity index is 1.74. The van der Waals surface area contributed by atoms with Crippen molar-refractivity contribution in [2.24, 2.45) is 5.10 Å². The summed E-state index contributed by atoms with van der Waals surface area (Å²) in [6.45, 7) is 1.73. The highest BCUT2D eigenvalue weighted by Gasteiger charge is 2.13. The van der Waals surface area contributed by atoms with Gasteiger partial charge in [-0.05, 0) is 37.3 Å². The number of nitrogens with one attached hydrogen (secondary N) is 2. The van der Waals surface area contributed by atoms with Gasteiger partial charge in [-0.15, -0.1) is 0 Å². The van der Waals surface area contributed by atoms with E-state index in [-0.39, 0.29) is 11.4 Å². The van der Waals surface area contributed by atoms with Gasteiger partial charge in [0.25, 0.3) is 5.91 Å². The number of aromatic nitrogens is 2. The maximum absolute atomic E-state index is 12.3. The van der Waals surface area contributed by atoms with Crippen molar-refractivity contribution < 1.29 is 14.6 Å². The zero-order chi connectivity index (χ0) is 19.4. The van der Waals surface area contributed by atoms with Crippen LogP contribution in [-0.2, 0) is 0 Å². The van der Waals surface area contributed by atoms with Crippen LogP contribution in [0.25, 0.3) is 11.3 Å². The van der Waals surface area contributed by atoms with Gasteiger partial charge in [0, 0.05) is 11.1 Å². The highest BCUT2D eigenvalue weighted by molar-refractivity contribution is 6.33. The number of benzene rings is 2. The van der Waals surface area contributed by atoms with Gasteiger partial charge in [-0.1, -0.05) is 29.8 Å². The summed E-state index contributed by atoms with van der Waals surface area (Å²) in [6, 6.07) is 13.6. The van der Waals surface area contributed by atoms with Gasteiger partial charge in [-0.25, -0.2) is 5.43 Å². The van der Waals surface area contributed by atoms with Crippen LogP contribution < -0.4 is 10.2 Å². The first-order valence-corrected chi connectivity index (χ1v) is 8.39. The Kier molecular flexibility index (Phi) is 5.42. The molecule has 3 rings (SSSR count). The summed E-state index contributed by atoms with van der Waals surface area (Å²) in [5.74, 6) is -0.0835. The number of halogens is 1. The van der Waals surface area contributed by atoms with Crippen molar-refractivity contribution in [3.63, 3.8) is 0 Å². The highest BCUT2D eigenvalue weighted by Crippen LogP contribution is 2.27. The molecule has 0 bridgehead atoms. The number of phenols is 1. The number of aromatic hydroxyl groups is 1. The number of carbonyl (C=O) groups is 1. The number of phenolic OH excluding ortho intramolecular Hbond substituents is 1. The molecule has 0 saturated heterocycles. The largest absolute Gasteiger partial charge is 0.504 e. The lowest BCUT2D eigenvalue weighted by Crippen LogP contribution is -2.19. The topological polar surface area (TPSA) is 99.6 Å². The minimum absolute atomic E-state index is 0.0302. The summed E-state index contributed by atoms with van der Waals surface area (Å²) in [4.78, 5) is 12.3. The number of ether oxygens (including phenoxy) is 1. The summed E-state index contributed by atoms with van der Waals surface area (Å²) in [6.07, 6.45) is 0. The summed E-state index contributed by atoms with van der Waals surface area (Å²) < 4.78 is 5.07. The second-order valence-electron chi connectivity index (χ2n) is 5.67. The molecule has 1 aromatic heterocycles. The SMILES string of the molecule is COc1cc(/C(C)=N/NC(=O)c2cc(-c3ccccc3Cl)n[nH]2)ccc1O. The third-order valence-corrected chi connectivity index (χ3v) is 4.22. The zero-order valence-corrected chi connectivity index (χ0v) is 15.4. The van der Waals surface area contributed by atoms with Crippen LogP contribution in [0.2, 0.25) is 5.02 Å². The lowest BCUT2D eigenvalue weighted by atomic mass is 10.1. The predicted octanol–water partition coefficient (Wildman–Crippen LogP) is 3.60. The molecule has 0 radical (unpaired) electrons. The first-order valence-electron chi connectivity index (χ1n) is 8.02. The molecule has 0 fully saturated rings. The third-order valence-electron chi connectivity index (χ3n) is 3.89. The number of H-pyrrole nitrogens is 1. The number of aromatic amines is 1. The fourth-order valence-electron chi connectivity index (χ4n) is 2.41. The second kappa shape index (κ2) is 7.92. The molecule has 1 heterocycles. The molecule has 3 aromatic rings. The second-order valence-corrected chi connectivity index (χ2v) is 6.08. The van der Waals surface area contributed by atoms with Crippen LogP contribution in [0, 0.1) is 0 Å². The van der Waals surface area contributed by atoms with Crippen molar-refractivity contribution in [2.45, 2.75) is 6.92 Å². The Morgan fingerprint density at radius 1 is 1.26 bits per heavy atom. The van der Waals surface area contributed by atoms with Gasteiger partial charge in [0.05, 0.1) is 23.5 Å². The van der Waals surface area contributed by atoms with E-state index in [1.54, 1.807) is 31.2 Å². The Labute approximate surface area is 160 Å². The van der Waals surface area contributed by atoms with Crippen molar-refractivity contribution in [3.8, 4) is 22.8 Å². The van der Waals surface area contributed by atoms with Crippen molar-refractivity contribution in [1.82, 2.24) is 15.6 Å². The highest BCUT2D eigenvalue weighted by atomic mass is 35.5. The van der Waals surface area contributed by atoms with Gasteiger partial charge in [0.15, 0.2) is 11.5 Å². The molecule has 0 aliphatic rings. The smallest absolute Gasteiger partial charge is 0.289 e. The fraction of sp³-hybridized carbons (Fsp3) is 0.105. The number of hydrazone groups is 1. The average Bonchev–Trinajstić information content (AvgIpc) is 3.16. The number of rotatable bonds is 5. The van der Waals surface area contributed by atoms with Crippen molar-refractivity contribution in [1.29, 1.82) is 0 Å². The van der Waals surface area contributed by atoms with E-state index < -0.39 is 5.91 Å². The Morgan fingerprint density at radius 3 is 2.78 bits per heavy atom. The van der Waals surface area contributed by atoms with E-state index >= 15 is 0 Å². The molecule has 8 heteroatoms. The van der Waals surface area contributed by atoms with E-state index in [1.165, 1.54) is 13.2 Å². The lowest BCUT2D eigenvalue weighted by molar-refractivity contribution is 0.0950. The maximum atomic E-state index is 12.3. The van der Waals surface area contributed by atoms with Crippen LogP contribution in [-0.4, -0.2) is 34.0 Å². The molecule has 0 atom stereocenters. The first-order chi connectivity index (χ1) is 13.0. The van der Waals surface area contributed by atoms with Gasteiger partial charge < -0.3 is 9.84 Å². The van der Waals surface area contributed by atoms with Crippen LogP contribution in [0.3, 0.4) is 0 Å². The van der Waals surface area contributed by atoms with Gasteiger partial charge >= 0.3 is 0 Å². The van der Waals surface area contributed by atoms with Crippen LogP contribution in [0.4, 0.5) is 0 Å². The van der Waals surface area contributed by atoms with Gasteiger partial charge in [0.1, 0.15) is 5.69 Å². The first kappa shape index (κ1) is 18.5. The maximum Gasteiger partial charge on any atom is 0.289 e. The minimum Gasteiger partial charge on any atom is -0.504 e. The normalized spacial score (nSPS) is 11.3. The Morgan fingerprint density at radius 2 is 2.04 bits per heavy atom. The van der Waals surface area contributed by atoms with Gasteiger partial charge in [0.2, 0.25) is 0 Å². The van der Waals surface area contributed by atoms with E-state index in [0.717, 1.165) is 5.56 Å². The molecule has 0 aliphatic carbocycles. The molecule has 3 N–H and O–H groups in total. The number of carbonyl (C=O) groups excluding carboxylic acids is 1. The fourth-order valence-corrected chi connectivity index (χ4v) is 2.64. The molecule has 138 valence electrons. The minimum atomic E-state index is -0.439. The number of hydrogen-bond donors (Lipinski definition) is 3. The predicted molar refractivity (Wildman–Crippen MR) is 103 cm³/mol. The van der Waals surface area contributed by atoms with E-state index in [2.05, 4.69) is 20.7 Å². The molecule has 7 nitrogen and oxygen atoms in total. The Hall–Kier alpha value is -3.32. The average molecular weight is 385 g/mol. The molecule has 2 aromatic carbocycles. The molecular formula is C19H17ClN4O3. The standard InChI is InChI=1S/C19H17ClN4O3/c1-11(12-7-8-17(25)18(9-12)27-2)21-24-19(26)16-10-15(22-23-16)13-5-3-4-6-14(13)20/h3-10,25H,1-2H3,(H,22,23)(H,24,26)/b21-11+. The summed E-state index contributed by atoms with van der Waals surface area (Å²) in [5, 5.41) is 21.1. The Bertz CT molecular complexity index is 1010. The van der Waals surface area contributed by atoms with E-state index in [1.807, 2.05) is 18.2 Å². The van der Waals surface area contributed by atoms with Crippen LogP contribution in [0.5, 0.6) is 11.5 Å². The van der Waals surface area contributed by atoms with Crippen molar-refractivity contribution in [3.05, 3.63) is 64.8 Å². The van der Waals surface area contributed by atoms with Crippen molar-refractivity contribution in [2.75, 3.05) is 7.11 Å². The molecule has 1 amide bonds. The summed E-state index contributed by atoms with van der Waals surface area (Å²) in [7, 11) is 1.46. The summed E-state index contributed by atoms with van der Waals surface area (Å²) in [5.41, 5.74) is 5.27. The van der Waals surface area contributed by atoms with E-state index in [4.69, 9.17) is 16.3 Å². The number of hydrogen-bond acceptors (Lipinski definition) is 5.